The van der Waals surface area contributed by atoms with Gasteiger partial charge in [-0.05, 0) is 56.5 Å². The van der Waals surface area contributed by atoms with E-state index in [1.807, 2.05) is 36.2 Å². The molecule has 1 heterocycles. The largest absolute Gasteiger partial charge is 0.399 e. The molecule has 1 aromatic rings. The SMILES string of the molecule is CN(C(=O)Cc1cccc(N)c1)[C@@H]1CCCC[C@H]1N1CCCC1. The van der Waals surface area contributed by atoms with Gasteiger partial charge in [-0.25, -0.2) is 0 Å². The van der Waals surface area contributed by atoms with Crippen LogP contribution in [0.25, 0.3) is 0 Å². The van der Waals surface area contributed by atoms with Crippen molar-refractivity contribution in [3.05, 3.63) is 29.8 Å². The zero-order valence-electron chi connectivity index (χ0n) is 14.2. The predicted octanol–water partition coefficient (Wildman–Crippen LogP) is 2.68. The quantitative estimate of drug-likeness (QED) is 0.869. The number of nitrogens with zero attached hydrogens (tertiary/aromatic N) is 2. The highest BCUT2D eigenvalue weighted by atomic mass is 16.2. The number of nitrogen functional groups attached to an aromatic ring is 1. The Balaban J connectivity index is 1.66. The summed E-state index contributed by atoms with van der Waals surface area (Å²) in [5.41, 5.74) is 7.56. The lowest BCUT2D eigenvalue weighted by molar-refractivity contribution is -0.133. The zero-order valence-corrected chi connectivity index (χ0v) is 14.2. The van der Waals surface area contributed by atoms with E-state index in [-0.39, 0.29) is 5.91 Å². The Hall–Kier alpha value is -1.55. The second-order valence-electron chi connectivity index (χ2n) is 7.09. The Kier molecular flexibility index (Phi) is 5.21. The van der Waals surface area contributed by atoms with Crippen molar-refractivity contribution in [2.45, 2.75) is 57.0 Å². The molecule has 2 fully saturated rings. The van der Waals surface area contributed by atoms with Crippen LogP contribution in [0.1, 0.15) is 44.1 Å². The molecule has 23 heavy (non-hydrogen) atoms. The minimum Gasteiger partial charge on any atom is -0.399 e. The predicted molar refractivity (Wildman–Crippen MR) is 94.2 cm³/mol. The summed E-state index contributed by atoms with van der Waals surface area (Å²) >= 11 is 0. The van der Waals surface area contributed by atoms with Crippen molar-refractivity contribution in [3.63, 3.8) is 0 Å². The first-order chi connectivity index (χ1) is 11.1. The fourth-order valence-electron chi connectivity index (χ4n) is 4.23. The molecule has 3 rings (SSSR count). The summed E-state index contributed by atoms with van der Waals surface area (Å²) < 4.78 is 0. The van der Waals surface area contributed by atoms with Gasteiger partial charge in [0.15, 0.2) is 0 Å². The monoisotopic (exact) mass is 315 g/mol. The van der Waals surface area contributed by atoms with Crippen molar-refractivity contribution in [1.29, 1.82) is 0 Å². The molecule has 4 heteroatoms. The highest BCUT2D eigenvalue weighted by Crippen LogP contribution is 2.29. The van der Waals surface area contributed by atoms with Gasteiger partial charge >= 0.3 is 0 Å². The molecule has 1 aliphatic heterocycles. The number of likely N-dealkylation sites (tertiary alicyclic amines) is 1. The van der Waals surface area contributed by atoms with Gasteiger partial charge in [-0.3, -0.25) is 9.69 Å². The van der Waals surface area contributed by atoms with Crippen LogP contribution in [0, 0.1) is 0 Å². The lowest BCUT2D eigenvalue weighted by atomic mass is 9.88. The fraction of sp³-hybridized carbons (Fsp3) is 0.632. The molecule has 4 nitrogen and oxygen atoms in total. The molecule has 1 aliphatic carbocycles. The maximum atomic E-state index is 12.8. The summed E-state index contributed by atoms with van der Waals surface area (Å²) in [6, 6.07) is 8.61. The molecule has 126 valence electrons. The van der Waals surface area contributed by atoms with Crippen LogP contribution in [-0.2, 0) is 11.2 Å². The van der Waals surface area contributed by atoms with E-state index in [1.54, 1.807) is 0 Å². The molecule has 0 unspecified atom stereocenters. The minimum absolute atomic E-state index is 0.215. The van der Waals surface area contributed by atoms with Crippen LogP contribution in [0.5, 0.6) is 0 Å². The third-order valence-electron chi connectivity index (χ3n) is 5.50. The summed E-state index contributed by atoms with van der Waals surface area (Å²) in [5, 5.41) is 0. The molecule has 0 aromatic heterocycles. The Morgan fingerprint density at radius 1 is 1.22 bits per heavy atom. The van der Waals surface area contributed by atoms with Gasteiger partial charge in [-0.1, -0.05) is 25.0 Å². The van der Waals surface area contributed by atoms with Gasteiger partial charge in [0.2, 0.25) is 5.91 Å². The smallest absolute Gasteiger partial charge is 0.227 e. The first-order valence-electron chi connectivity index (χ1n) is 8.99. The lowest BCUT2D eigenvalue weighted by Crippen LogP contribution is -2.53. The Morgan fingerprint density at radius 2 is 1.96 bits per heavy atom. The molecule has 0 spiro atoms. The van der Waals surface area contributed by atoms with E-state index < -0.39 is 0 Å². The zero-order chi connectivity index (χ0) is 16.2. The fourth-order valence-corrected chi connectivity index (χ4v) is 4.23. The Bertz CT molecular complexity index is 539. The summed E-state index contributed by atoms with van der Waals surface area (Å²) in [7, 11) is 1.99. The number of hydrogen-bond acceptors (Lipinski definition) is 3. The Labute approximate surface area is 139 Å². The van der Waals surface area contributed by atoms with Crippen molar-refractivity contribution < 1.29 is 4.79 Å². The van der Waals surface area contributed by atoms with E-state index in [9.17, 15) is 4.79 Å². The standard InChI is InChI=1S/C19H29N3O/c1-21(19(23)14-15-7-6-8-16(20)13-15)17-9-2-3-10-18(17)22-11-4-5-12-22/h6-8,13,17-18H,2-5,9-12,14,20H2,1H3/t17-,18-/m1/s1. The molecule has 1 saturated heterocycles. The van der Waals surface area contributed by atoms with Crippen LogP contribution in [0.4, 0.5) is 5.69 Å². The summed E-state index contributed by atoms with van der Waals surface area (Å²) in [4.78, 5) is 17.4. The number of rotatable bonds is 4. The summed E-state index contributed by atoms with van der Waals surface area (Å²) in [5.74, 6) is 0.215. The summed E-state index contributed by atoms with van der Waals surface area (Å²) in [6.07, 6.45) is 7.99. The van der Waals surface area contributed by atoms with Crippen LogP contribution < -0.4 is 5.73 Å². The molecular weight excluding hydrogens is 286 g/mol. The van der Waals surface area contributed by atoms with E-state index in [0.29, 0.717) is 18.5 Å². The van der Waals surface area contributed by atoms with E-state index in [4.69, 9.17) is 5.73 Å². The number of likely N-dealkylation sites (N-methyl/N-ethyl adjacent to an activating group) is 1. The third-order valence-corrected chi connectivity index (χ3v) is 5.50. The van der Waals surface area contributed by atoms with Crippen molar-refractivity contribution in [1.82, 2.24) is 9.80 Å². The first kappa shape index (κ1) is 16.3. The molecule has 1 aromatic carbocycles. The first-order valence-corrected chi connectivity index (χ1v) is 8.99. The number of hydrogen-bond donors (Lipinski definition) is 1. The van der Waals surface area contributed by atoms with Crippen molar-refractivity contribution >= 4 is 11.6 Å². The second-order valence-corrected chi connectivity index (χ2v) is 7.09. The van der Waals surface area contributed by atoms with Crippen molar-refractivity contribution in [3.8, 4) is 0 Å². The van der Waals surface area contributed by atoms with Gasteiger partial charge in [0, 0.05) is 24.8 Å². The number of carbonyl (C=O) groups is 1. The van der Waals surface area contributed by atoms with Crippen LogP contribution in [-0.4, -0.2) is 47.9 Å². The molecule has 0 bridgehead atoms. The van der Waals surface area contributed by atoms with E-state index in [0.717, 1.165) is 17.7 Å². The summed E-state index contributed by atoms with van der Waals surface area (Å²) in [6.45, 7) is 2.41. The average molecular weight is 315 g/mol. The number of nitrogens with two attached hydrogens (primary N) is 1. The second kappa shape index (κ2) is 7.35. The highest BCUT2D eigenvalue weighted by molar-refractivity contribution is 5.79. The van der Waals surface area contributed by atoms with Crippen molar-refractivity contribution in [2.24, 2.45) is 0 Å². The minimum atomic E-state index is 0.215. The van der Waals surface area contributed by atoms with Gasteiger partial charge in [0.1, 0.15) is 0 Å². The lowest BCUT2D eigenvalue weighted by Gasteiger charge is -2.42. The van der Waals surface area contributed by atoms with Crippen molar-refractivity contribution in [2.75, 3.05) is 25.9 Å². The van der Waals surface area contributed by atoms with E-state index in [2.05, 4.69) is 4.90 Å². The third kappa shape index (κ3) is 3.86. The normalized spacial score (nSPS) is 25.4. The van der Waals surface area contributed by atoms with Crippen LogP contribution in [0.3, 0.4) is 0 Å². The van der Waals surface area contributed by atoms with Crippen LogP contribution in [0.2, 0.25) is 0 Å². The van der Waals surface area contributed by atoms with Gasteiger partial charge in [-0.15, -0.1) is 0 Å². The molecule has 2 aliphatic rings. The van der Waals surface area contributed by atoms with E-state index >= 15 is 0 Å². The topological polar surface area (TPSA) is 49.6 Å². The molecule has 0 radical (unpaired) electrons. The number of amides is 1. The highest BCUT2D eigenvalue weighted by Gasteiger charge is 2.35. The van der Waals surface area contributed by atoms with Gasteiger partial charge in [0.25, 0.3) is 0 Å². The van der Waals surface area contributed by atoms with Crippen LogP contribution in [0.15, 0.2) is 24.3 Å². The van der Waals surface area contributed by atoms with Crippen LogP contribution >= 0.6 is 0 Å². The van der Waals surface area contributed by atoms with Gasteiger partial charge in [0.05, 0.1) is 6.42 Å². The van der Waals surface area contributed by atoms with Gasteiger partial charge < -0.3 is 10.6 Å². The molecular formula is C19H29N3O. The molecule has 1 amide bonds. The average Bonchev–Trinajstić information content (AvgIpc) is 3.08. The number of benzene rings is 1. The number of anilines is 1. The molecule has 2 N–H and O–H groups in total. The molecule has 1 saturated carbocycles. The molecule has 2 atom stereocenters. The van der Waals surface area contributed by atoms with Gasteiger partial charge in [-0.2, -0.15) is 0 Å². The maximum Gasteiger partial charge on any atom is 0.227 e. The number of carbonyl (C=O) groups excluding carboxylic acids is 1. The maximum absolute atomic E-state index is 12.8. The van der Waals surface area contributed by atoms with E-state index in [1.165, 1.54) is 45.2 Å². The Morgan fingerprint density at radius 3 is 2.70 bits per heavy atom.